The van der Waals surface area contributed by atoms with Gasteiger partial charge in [0.15, 0.2) is 6.61 Å². The van der Waals surface area contributed by atoms with Crippen molar-refractivity contribution in [2.24, 2.45) is 0 Å². The lowest BCUT2D eigenvalue weighted by Gasteiger charge is -2.16. The molecule has 1 N–H and O–H groups in total. The molecule has 0 aromatic heterocycles. The summed E-state index contributed by atoms with van der Waals surface area (Å²) in [5.74, 6) is -0.680. The Morgan fingerprint density at radius 2 is 1.70 bits per heavy atom. The van der Waals surface area contributed by atoms with E-state index in [0.29, 0.717) is 12.1 Å². The third kappa shape index (κ3) is 4.87. The lowest BCUT2D eigenvalue weighted by Crippen LogP contribution is -2.24. The van der Waals surface area contributed by atoms with Gasteiger partial charge in [-0.15, -0.1) is 0 Å². The number of amides is 2. The topological polar surface area (TPSA) is 75.7 Å². The number of nitrogens with zero attached hydrogens (tertiary/aromatic N) is 1. The molecule has 0 unspecified atom stereocenters. The molecule has 2 amide bonds. The molecule has 0 spiro atoms. The molecular formula is C24H26N2O4. The fraction of sp³-hybridized carbons (Fsp3) is 0.375. The molecular weight excluding hydrogens is 380 g/mol. The van der Waals surface area contributed by atoms with Crippen LogP contribution in [0.15, 0.2) is 42.5 Å². The van der Waals surface area contributed by atoms with E-state index in [4.69, 9.17) is 4.74 Å². The minimum atomic E-state index is -0.413. The van der Waals surface area contributed by atoms with E-state index in [-0.39, 0.29) is 18.9 Å². The Morgan fingerprint density at radius 3 is 2.43 bits per heavy atom. The number of anilines is 2. The molecule has 1 saturated heterocycles. The number of fused-ring (bicyclic) bond motifs is 1. The average Bonchev–Trinajstić information content (AvgIpc) is 3.18. The molecule has 0 bridgehead atoms. The van der Waals surface area contributed by atoms with Gasteiger partial charge in [-0.3, -0.25) is 14.4 Å². The SMILES string of the molecule is O=C(COC(=O)Cc1ccc2c(c1)CCCC2)Nc1ccc(N2CCCC2=O)cc1. The minimum absolute atomic E-state index is 0.123. The van der Waals surface area contributed by atoms with Gasteiger partial charge in [0.1, 0.15) is 0 Å². The quantitative estimate of drug-likeness (QED) is 0.746. The normalized spacial score (nSPS) is 15.6. The van der Waals surface area contributed by atoms with Crippen molar-refractivity contribution in [2.75, 3.05) is 23.4 Å². The second-order valence-electron chi connectivity index (χ2n) is 7.89. The van der Waals surface area contributed by atoms with Crippen LogP contribution in [-0.4, -0.2) is 30.9 Å². The molecule has 156 valence electrons. The van der Waals surface area contributed by atoms with Crippen LogP contribution in [0.2, 0.25) is 0 Å². The number of rotatable bonds is 6. The number of nitrogens with one attached hydrogen (secondary N) is 1. The number of aryl methyl sites for hydroxylation is 2. The molecule has 2 aliphatic rings. The Hall–Kier alpha value is -3.15. The Morgan fingerprint density at radius 1 is 0.933 bits per heavy atom. The summed E-state index contributed by atoms with van der Waals surface area (Å²) in [5, 5.41) is 2.71. The van der Waals surface area contributed by atoms with Crippen molar-refractivity contribution in [3.8, 4) is 0 Å². The molecule has 4 rings (SSSR count). The molecule has 6 heteroatoms. The van der Waals surface area contributed by atoms with Gasteiger partial charge in [0.25, 0.3) is 5.91 Å². The predicted octanol–water partition coefficient (Wildman–Crippen LogP) is 3.42. The molecule has 1 aliphatic heterocycles. The van der Waals surface area contributed by atoms with Gasteiger partial charge in [0.05, 0.1) is 6.42 Å². The van der Waals surface area contributed by atoms with E-state index in [1.165, 1.54) is 24.0 Å². The summed E-state index contributed by atoms with van der Waals surface area (Å²) in [6.07, 6.45) is 6.20. The van der Waals surface area contributed by atoms with Crippen LogP contribution < -0.4 is 10.2 Å². The number of ether oxygens (including phenoxy) is 1. The van der Waals surface area contributed by atoms with Crippen molar-refractivity contribution < 1.29 is 19.1 Å². The van der Waals surface area contributed by atoms with Crippen molar-refractivity contribution in [2.45, 2.75) is 44.9 Å². The smallest absolute Gasteiger partial charge is 0.310 e. The summed E-state index contributed by atoms with van der Waals surface area (Å²) in [6, 6.07) is 13.3. The van der Waals surface area contributed by atoms with Crippen LogP contribution in [0, 0.1) is 0 Å². The summed E-state index contributed by atoms with van der Waals surface area (Å²) in [7, 11) is 0. The molecule has 30 heavy (non-hydrogen) atoms. The second-order valence-corrected chi connectivity index (χ2v) is 7.89. The Labute approximate surface area is 176 Å². The molecule has 1 fully saturated rings. The van der Waals surface area contributed by atoms with E-state index in [1.807, 2.05) is 6.07 Å². The molecule has 2 aromatic rings. The molecule has 1 aliphatic carbocycles. The first-order valence-corrected chi connectivity index (χ1v) is 10.5. The third-order valence-electron chi connectivity index (χ3n) is 5.66. The molecule has 0 saturated carbocycles. The monoisotopic (exact) mass is 406 g/mol. The second kappa shape index (κ2) is 9.11. The molecule has 0 radical (unpaired) electrons. The van der Waals surface area contributed by atoms with Crippen LogP contribution in [0.3, 0.4) is 0 Å². The number of hydrogen-bond acceptors (Lipinski definition) is 4. The first-order chi connectivity index (χ1) is 14.6. The highest BCUT2D eigenvalue weighted by molar-refractivity contribution is 5.96. The number of esters is 1. The minimum Gasteiger partial charge on any atom is -0.455 e. The van der Waals surface area contributed by atoms with Crippen molar-refractivity contribution in [1.82, 2.24) is 0 Å². The van der Waals surface area contributed by atoms with Gasteiger partial charge in [0.2, 0.25) is 5.91 Å². The van der Waals surface area contributed by atoms with E-state index in [0.717, 1.165) is 37.1 Å². The summed E-state index contributed by atoms with van der Waals surface area (Å²) < 4.78 is 5.14. The average molecular weight is 406 g/mol. The summed E-state index contributed by atoms with van der Waals surface area (Å²) in [5.41, 5.74) is 5.04. The van der Waals surface area contributed by atoms with Gasteiger partial charge in [-0.2, -0.15) is 0 Å². The molecule has 2 aromatic carbocycles. The lowest BCUT2D eigenvalue weighted by molar-refractivity contribution is -0.146. The van der Waals surface area contributed by atoms with Gasteiger partial charge < -0.3 is 15.0 Å². The Kier molecular flexibility index (Phi) is 6.12. The van der Waals surface area contributed by atoms with E-state index in [2.05, 4.69) is 17.4 Å². The van der Waals surface area contributed by atoms with Crippen LogP contribution >= 0.6 is 0 Å². The highest BCUT2D eigenvalue weighted by atomic mass is 16.5. The zero-order valence-electron chi connectivity index (χ0n) is 17.0. The first-order valence-electron chi connectivity index (χ1n) is 10.5. The Bertz CT molecular complexity index is 952. The van der Waals surface area contributed by atoms with Crippen LogP contribution in [0.1, 0.15) is 42.4 Å². The van der Waals surface area contributed by atoms with E-state index in [1.54, 1.807) is 29.2 Å². The maximum absolute atomic E-state index is 12.1. The van der Waals surface area contributed by atoms with Gasteiger partial charge in [0, 0.05) is 24.3 Å². The standard InChI is InChI=1S/C24H26N2O4/c27-22(25-20-9-11-21(12-10-20)26-13-3-6-23(26)28)16-30-24(29)15-17-7-8-18-4-1-2-5-19(18)14-17/h7-12,14H,1-6,13,15-16H2,(H,25,27). The highest BCUT2D eigenvalue weighted by Crippen LogP contribution is 2.24. The largest absolute Gasteiger partial charge is 0.455 e. The Balaban J connectivity index is 1.24. The number of carbonyl (C=O) groups excluding carboxylic acids is 3. The summed E-state index contributed by atoms with van der Waals surface area (Å²) in [6.45, 7) is 0.404. The molecule has 0 atom stereocenters. The highest BCUT2D eigenvalue weighted by Gasteiger charge is 2.21. The first kappa shape index (κ1) is 20.1. The summed E-state index contributed by atoms with van der Waals surface area (Å²) >= 11 is 0. The van der Waals surface area contributed by atoms with Crippen molar-refractivity contribution in [3.63, 3.8) is 0 Å². The fourth-order valence-electron chi connectivity index (χ4n) is 4.10. The van der Waals surface area contributed by atoms with E-state index < -0.39 is 11.9 Å². The lowest BCUT2D eigenvalue weighted by atomic mass is 9.90. The maximum Gasteiger partial charge on any atom is 0.310 e. The molecule has 6 nitrogen and oxygen atoms in total. The van der Waals surface area contributed by atoms with Gasteiger partial charge in [-0.25, -0.2) is 0 Å². The fourth-order valence-corrected chi connectivity index (χ4v) is 4.10. The molecule has 1 heterocycles. The number of benzene rings is 2. The maximum atomic E-state index is 12.1. The van der Waals surface area contributed by atoms with Gasteiger partial charge in [-0.1, -0.05) is 18.2 Å². The predicted molar refractivity (Wildman–Crippen MR) is 114 cm³/mol. The van der Waals surface area contributed by atoms with Crippen molar-refractivity contribution in [1.29, 1.82) is 0 Å². The summed E-state index contributed by atoms with van der Waals surface area (Å²) in [4.78, 5) is 37.8. The number of hydrogen-bond donors (Lipinski definition) is 1. The third-order valence-corrected chi connectivity index (χ3v) is 5.66. The van der Waals surface area contributed by atoms with Gasteiger partial charge >= 0.3 is 5.97 Å². The zero-order valence-corrected chi connectivity index (χ0v) is 17.0. The van der Waals surface area contributed by atoms with E-state index >= 15 is 0 Å². The van der Waals surface area contributed by atoms with Crippen LogP contribution in [0.5, 0.6) is 0 Å². The van der Waals surface area contributed by atoms with Crippen LogP contribution in [-0.2, 0) is 38.4 Å². The van der Waals surface area contributed by atoms with Crippen LogP contribution in [0.4, 0.5) is 11.4 Å². The zero-order chi connectivity index (χ0) is 20.9. The van der Waals surface area contributed by atoms with Crippen molar-refractivity contribution >= 4 is 29.2 Å². The van der Waals surface area contributed by atoms with Gasteiger partial charge in [-0.05, 0) is 73.1 Å². The van der Waals surface area contributed by atoms with Crippen LogP contribution in [0.25, 0.3) is 0 Å². The van der Waals surface area contributed by atoms with E-state index in [9.17, 15) is 14.4 Å². The van der Waals surface area contributed by atoms with Crippen molar-refractivity contribution in [3.05, 3.63) is 59.2 Å². The number of carbonyl (C=O) groups is 3.